The van der Waals surface area contributed by atoms with Crippen LogP contribution in [0.5, 0.6) is 0 Å². The third-order valence-corrected chi connectivity index (χ3v) is 3.25. The van der Waals surface area contributed by atoms with Crippen LogP contribution in [0.4, 0.5) is 5.69 Å². The van der Waals surface area contributed by atoms with Crippen LogP contribution in [0.25, 0.3) is 0 Å². The zero-order valence-corrected chi connectivity index (χ0v) is 11.5. The summed E-state index contributed by atoms with van der Waals surface area (Å²) in [5.74, 6) is 5.22. The molecule has 4 nitrogen and oxygen atoms in total. The quantitative estimate of drug-likeness (QED) is 0.576. The summed E-state index contributed by atoms with van der Waals surface area (Å²) < 4.78 is 0. The fourth-order valence-electron chi connectivity index (χ4n) is 2.02. The van der Waals surface area contributed by atoms with Crippen molar-refractivity contribution in [2.75, 3.05) is 12.0 Å². The van der Waals surface area contributed by atoms with Gasteiger partial charge in [0.2, 0.25) is 0 Å². The SMILES string of the molecule is Cc1ccccc1CCNC(=O)c1ccc(NN)cc1. The normalized spacial score (nSPS) is 10.1. The monoisotopic (exact) mass is 269 g/mol. The third kappa shape index (κ3) is 3.59. The standard InChI is InChI=1S/C16H19N3O/c1-12-4-2-3-5-13(12)10-11-18-16(20)14-6-8-15(19-17)9-7-14/h2-9,19H,10-11,17H2,1H3,(H,18,20). The second-order valence-corrected chi connectivity index (χ2v) is 4.65. The molecule has 0 radical (unpaired) electrons. The van der Waals surface area contributed by atoms with E-state index >= 15 is 0 Å². The summed E-state index contributed by atoms with van der Waals surface area (Å²) in [6.07, 6.45) is 0.834. The van der Waals surface area contributed by atoms with Gasteiger partial charge in [-0.3, -0.25) is 10.6 Å². The molecule has 2 aromatic carbocycles. The molecule has 0 saturated heterocycles. The van der Waals surface area contributed by atoms with Gasteiger partial charge in [-0.1, -0.05) is 24.3 Å². The van der Waals surface area contributed by atoms with E-state index in [9.17, 15) is 4.79 Å². The average Bonchev–Trinajstić information content (AvgIpc) is 2.49. The van der Waals surface area contributed by atoms with Gasteiger partial charge in [0.25, 0.3) is 5.91 Å². The summed E-state index contributed by atoms with van der Waals surface area (Å²) >= 11 is 0. The van der Waals surface area contributed by atoms with Crippen LogP contribution < -0.4 is 16.6 Å². The molecule has 0 fully saturated rings. The maximum Gasteiger partial charge on any atom is 0.251 e. The first-order valence-electron chi connectivity index (χ1n) is 6.60. The molecule has 4 N–H and O–H groups in total. The van der Waals surface area contributed by atoms with Crippen molar-refractivity contribution in [2.24, 2.45) is 5.84 Å². The van der Waals surface area contributed by atoms with Crippen LogP contribution in [-0.2, 0) is 6.42 Å². The zero-order valence-electron chi connectivity index (χ0n) is 11.5. The van der Waals surface area contributed by atoms with Gasteiger partial charge in [0.15, 0.2) is 0 Å². The van der Waals surface area contributed by atoms with Gasteiger partial charge >= 0.3 is 0 Å². The lowest BCUT2D eigenvalue weighted by Crippen LogP contribution is -2.25. The van der Waals surface area contributed by atoms with Crippen molar-refractivity contribution in [1.82, 2.24) is 5.32 Å². The lowest BCUT2D eigenvalue weighted by atomic mass is 10.1. The second-order valence-electron chi connectivity index (χ2n) is 4.65. The predicted molar refractivity (Wildman–Crippen MR) is 81.5 cm³/mol. The van der Waals surface area contributed by atoms with Crippen LogP contribution in [0.2, 0.25) is 0 Å². The summed E-state index contributed by atoms with van der Waals surface area (Å²) in [5.41, 5.74) is 6.45. The Kier molecular flexibility index (Phi) is 4.74. The van der Waals surface area contributed by atoms with E-state index in [1.54, 1.807) is 24.3 Å². The van der Waals surface area contributed by atoms with Crippen LogP contribution in [0.1, 0.15) is 21.5 Å². The smallest absolute Gasteiger partial charge is 0.251 e. The van der Waals surface area contributed by atoms with Gasteiger partial charge < -0.3 is 10.7 Å². The molecule has 0 aliphatic rings. The van der Waals surface area contributed by atoms with Gasteiger partial charge in [0, 0.05) is 17.8 Å². The van der Waals surface area contributed by atoms with E-state index in [0.717, 1.165) is 12.1 Å². The Labute approximate surface area is 119 Å². The van der Waals surface area contributed by atoms with Gasteiger partial charge in [-0.25, -0.2) is 0 Å². The highest BCUT2D eigenvalue weighted by atomic mass is 16.1. The average molecular weight is 269 g/mol. The van der Waals surface area contributed by atoms with Gasteiger partial charge in [0.05, 0.1) is 0 Å². The largest absolute Gasteiger partial charge is 0.352 e. The summed E-state index contributed by atoms with van der Waals surface area (Å²) in [6.45, 7) is 2.70. The minimum atomic E-state index is -0.0674. The number of benzene rings is 2. The van der Waals surface area contributed by atoms with E-state index in [0.29, 0.717) is 12.1 Å². The van der Waals surface area contributed by atoms with E-state index < -0.39 is 0 Å². The van der Waals surface area contributed by atoms with Crippen LogP contribution in [-0.4, -0.2) is 12.5 Å². The van der Waals surface area contributed by atoms with E-state index in [2.05, 4.69) is 29.8 Å². The molecule has 0 bridgehead atoms. The highest BCUT2D eigenvalue weighted by Crippen LogP contribution is 2.09. The van der Waals surface area contributed by atoms with E-state index in [-0.39, 0.29) is 5.91 Å². The molecule has 0 unspecified atom stereocenters. The van der Waals surface area contributed by atoms with Gasteiger partial charge in [-0.2, -0.15) is 0 Å². The van der Waals surface area contributed by atoms with E-state index in [4.69, 9.17) is 5.84 Å². The Morgan fingerprint density at radius 3 is 2.45 bits per heavy atom. The summed E-state index contributed by atoms with van der Waals surface area (Å²) in [5, 5.41) is 2.92. The number of nitrogens with one attached hydrogen (secondary N) is 2. The Bertz CT molecular complexity index is 579. The molecule has 2 aromatic rings. The van der Waals surface area contributed by atoms with Crippen molar-refractivity contribution < 1.29 is 4.79 Å². The maximum absolute atomic E-state index is 12.0. The number of carbonyl (C=O) groups is 1. The highest BCUT2D eigenvalue weighted by molar-refractivity contribution is 5.94. The minimum Gasteiger partial charge on any atom is -0.352 e. The number of hydrogen-bond acceptors (Lipinski definition) is 3. The number of anilines is 1. The molecule has 0 aromatic heterocycles. The number of nitrogen functional groups attached to an aromatic ring is 1. The molecule has 20 heavy (non-hydrogen) atoms. The molecular formula is C16H19N3O. The summed E-state index contributed by atoms with van der Waals surface area (Å²) in [7, 11) is 0. The molecule has 0 heterocycles. The van der Waals surface area contributed by atoms with E-state index in [1.165, 1.54) is 11.1 Å². The second kappa shape index (κ2) is 6.73. The molecule has 0 atom stereocenters. The third-order valence-electron chi connectivity index (χ3n) is 3.25. The number of carbonyl (C=O) groups excluding carboxylic acids is 1. The topological polar surface area (TPSA) is 67.2 Å². The predicted octanol–water partition coefficient (Wildman–Crippen LogP) is 2.25. The van der Waals surface area contributed by atoms with Crippen LogP contribution in [0.3, 0.4) is 0 Å². The van der Waals surface area contributed by atoms with Crippen LogP contribution >= 0.6 is 0 Å². The number of nitrogens with two attached hydrogens (primary N) is 1. The zero-order chi connectivity index (χ0) is 14.4. The number of hydrazine groups is 1. The van der Waals surface area contributed by atoms with Crippen LogP contribution in [0.15, 0.2) is 48.5 Å². The van der Waals surface area contributed by atoms with Crippen LogP contribution in [0, 0.1) is 6.92 Å². The Balaban J connectivity index is 1.87. The number of aryl methyl sites for hydroxylation is 1. The Morgan fingerprint density at radius 2 is 1.80 bits per heavy atom. The van der Waals surface area contributed by atoms with Crippen molar-refractivity contribution in [3.05, 3.63) is 65.2 Å². The highest BCUT2D eigenvalue weighted by Gasteiger charge is 2.05. The fourth-order valence-corrected chi connectivity index (χ4v) is 2.02. The molecule has 4 heteroatoms. The van der Waals surface area contributed by atoms with Crippen molar-refractivity contribution in [2.45, 2.75) is 13.3 Å². The molecule has 0 aliphatic heterocycles. The summed E-state index contributed by atoms with van der Waals surface area (Å²) in [6, 6.07) is 15.2. The van der Waals surface area contributed by atoms with Gasteiger partial charge in [0.1, 0.15) is 0 Å². The van der Waals surface area contributed by atoms with E-state index in [1.807, 2.05) is 12.1 Å². The first kappa shape index (κ1) is 14.1. The number of hydrogen-bond donors (Lipinski definition) is 3. The lowest BCUT2D eigenvalue weighted by molar-refractivity contribution is 0.0954. The Hall–Kier alpha value is -2.33. The first-order chi connectivity index (χ1) is 9.70. The molecule has 0 saturated carbocycles. The lowest BCUT2D eigenvalue weighted by Gasteiger charge is -2.08. The molecule has 104 valence electrons. The van der Waals surface area contributed by atoms with Crippen molar-refractivity contribution in [1.29, 1.82) is 0 Å². The van der Waals surface area contributed by atoms with Crippen molar-refractivity contribution in [3.63, 3.8) is 0 Å². The van der Waals surface area contributed by atoms with Crippen molar-refractivity contribution in [3.8, 4) is 0 Å². The molecular weight excluding hydrogens is 250 g/mol. The molecule has 1 amide bonds. The van der Waals surface area contributed by atoms with Gasteiger partial charge in [-0.05, 0) is 48.7 Å². The maximum atomic E-state index is 12.0. The number of rotatable bonds is 5. The molecule has 2 rings (SSSR count). The van der Waals surface area contributed by atoms with Crippen molar-refractivity contribution >= 4 is 11.6 Å². The fraction of sp³-hybridized carbons (Fsp3) is 0.188. The Morgan fingerprint density at radius 1 is 1.10 bits per heavy atom. The molecule has 0 spiro atoms. The first-order valence-corrected chi connectivity index (χ1v) is 6.60. The minimum absolute atomic E-state index is 0.0674. The number of amides is 1. The van der Waals surface area contributed by atoms with Gasteiger partial charge in [-0.15, -0.1) is 0 Å². The molecule has 0 aliphatic carbocycles. The summed E-state index contributed by atoms with van der Waals surface area (Å²) in [4.78, 5) is 12.0.